The highest BCUT2D eigenvalue weighted by Crippen LogP contribution is 2.62. The van der Waals surface area contributed by atoms with Crippen molar-refractivity contribution in [1.82, 2.24) is 20.2 Å². The second kappa shape index (κ2) is 9.54. The minimum Gasteiger partial charge on any atom is -0.456 e. The fourth-order valence-electron chi connectivity index (χ4n) is 6.99. The Balaban J connectivity index is 1.33. The summed E-state index contributed by atoms with van der Waals surface area (Å²) in [6, 6.07) is 46.1. The molecule has 2 aromatic heterocycles. The molecular formula is C39H24N4O. The Labute approximate surface area is 254 Å². The van der Waals surface area contributed by atoms with E-state index >= 15 is 0 Å². The average Bonchev–Trinajstić information content (AvgIpc) is 3.39. The van der Waals surface area contributed by atoms with Gasteiger partial charge in [-0.05, 0) is 46.5 Å². The van der Waals surface area contributed by atoms with Gasteiger partial charge in [-0.15, -0.1) is 10.2 Å². The maximum absolute atomic E-state index is 6.82. The molecule has 44 heavy (non-hydrogen) atoms. The zero-order valence-electron chi connectivity index (χ0n) is 23.6. The molecule has 0 unspecified atom stereocenters. The summed E-state index contributed by atoms with van der Waals surface area (Å²) >= 11 is 0. The molecule has 0 fully saturated rings. The largest absolute Gasteiger partial charge is 0.456 e. The van der Waals surface area contributed by atoms with Crippen molar-refractivity contribution in [3.63, 3.8) is 0 Å². The molecule has 5 heteroatoms. The van der Waals surface area contributed by atoms with Crippen LogP contribution in [0.5, 0.6) is 11.5 Å². The van der Waals surface area contributed by atoms with Gasteiger partial charge in [-0.2, -0.15) is 0 Å². The lowest BCUT2D eigenvalue weighted by molar-refractivity contribution is 0.437. The van der Waals surface area contributed by atoms with Gasteiger partial charge >= 0.3 is 0 Å². The van der Waals surface area contributed by atoms with Crippen LogP contribution in [0.2, 0.25) is 0 Å². The number of hydrogen-bond acceptors (Lipinski definition) is 5. The fourth-order valence-corrected chi connectivity index (χ4v) is 6.99. The van der Waals surface area contributed by atoms with Crippen LogP contribution < -0.4 is 4.74 Å². The van der Waals surface area contributed by atoms with Gasteiger partial charge in [0, 0.05) is 34.6 Å². The molecule has 1 spiro atoms. The first kappa shape index (κ1) is 24.6. The zero-order chi connectivity index (χ0) is 29.1. The summed E-state index contributed by atoms with van der Waals surface area (Å²) in [6.07, 6.45) is 3.54. The molecule has 206 valence electrons. The lowest BCUT2D eigenvalue weighted by Crippen LogP contribution is -2.32. The normalized spacial score (nSPS) is 13.4. The van der Waals surface area contributed by atoms with Crippen molar-refractivity contribution in [2.45, 2.75) is 5.41 Å². The molecule has 5 nitrogen and oxygen atoms in total. The fraction of sp³-hybridized carbons (Fsp3) is 0.0256. The summed E-state index contributed by atoms with van der Waals surface area (Å²) in [6.45, 7) is 0. The quantitative estimate of drug-likeness (QED) is 0.215. The number of benzene rings is 5. The number of rotatable bonds is 3. The molecule has 2 aliphatic rings. The molecule has 7 aromatic rings. The number of ether oxygens (including phenoxy) is 1. The first-order valence-corrected chi connectivity index (χ1v) is 14.6. The second-order valence-electron chi connectivity index (χ2n) is 11.1. The van der Waals surface area contributed by atoms with E-state index in [4.69, 9.17) is 19.9 Å². The molecule has 9 rings (SSSR count). The summed E-state index contributed by atoms with van der Waals surface area (Å²) in [7, 11) is 0. The van der Waals surface area contributed by atoms with Crippen LogP contribution in [0.4, 0.5) is 0 Å². The predicted octanol–water partition coefficient (Wildman–Crippen LogP) is 8.74. The van der Waals surface area contributed by atoms with Crippen molar-refractivity contribution in [2.75, 3.05) is 0 Å². The third-order valence-corrected chi connectivity index (χ3v) is 8.78. The molecule has 0 bridgehead atoms. The lowest BCUT2D eigenvalue weighted by Gasteiger charge is -2.39. The summed E-state index contributed by atoms with van der Waals surface area (Å²) < 4.78 is 6.82. The van der Waals surface area contributed by atoms with E-state index in [0.29, 0.717) is 11.5 Å². The first-order valence-electron chi connectivity index (χ1n) is 14.6. The van der Waals surface area contributed by atoms with Crippen LogP contribution in [0.1, 0.15) is 22.3 Å². The van der Waals surface area contributed by atoms with Gasteiger partial charge < -0.3 is 4.74 Å². The van der Waals surface area contributed by atoms with E-state index < -0.39 is 5.41 Å². The van der Waals surface area contributed by atoms with Gasteiger partial charge in [0.2, 0.25) is 0 Å². The molecule has 1 aliphatic heterocycles. The number of para-hydroxylation sites is 2. The molecule has 0 radical (unpaired) electrons. The minimum absolute atomic E-state index is 0.502. The van der Waals surface area contributed by atoms with Crippen molar-refractivity contribution < 1.29 is 4.74 Å². The highest BCUT2D eigenvalue weighted by molar-refractivity contribution is 5.90. The van der Waals surface area contributed by atoms with E-state index in [9.17, 15) is 0 Å². The van der Waals surface area contributed by atoms with Crippen LogP contribution in [-0.4, -0.2) is 20.2 Å². The van der Waals surface area contributed by atoms with E-state index in [0.717, 1.165) is 45.0 Å². The zero-order valence-corrected chi connectivity index (χ0v) is 23.6. The first-order chi connectivity index (χ1) is 21.8. The topological polar surface area (TPSA) is 60.8 Å². The molecular weight excluding hydrogens is 540 g/mol. The number of hydrogen-bond donors (Lipinski definition) is 0. The molecule has 1 aliphatic carbocycles. The van der Waals surface area contributed by atoms with Crippen molar-refractivity contribution in [1.29, 1.82) is 0 Å². The molecule has 3 heterocycles. The van der Waals surface area contributed by atoms with Gasteiger partial charge in [-0.25, -0.2) is 4.98 Å². The smallest absolute Gasteiger partial charge is 0.186 e. The predicted molar refractivity (Wildman–Crippen MR) is 171 cm³/mol. The monoisotopic (exact) mass is 564 g/mol. The standard InChI is InChI=1S/C39H24N4O/c1-2-12-25(13-3-1)35-36(26-14-11-23-40-24-26)42-43-38(41-35)29-17-10-21-33-37(29)44-34-22-9-8-20-32(34)39(33)30-18-6-4-15-27(30)28-16-5-7-19-31(28)39/h1-24H. The SMILES string of the molecule is c1ccc(-c2nc(-c3cccc4c3Oc3ccccc3C43c4ccccc4-c4ccccc43)nnc2-c2cccnc2)cc1. The Kier molecular flexibility index (Phi) is 5.34. The third kappa shape index (κ3) is 3.41. The van der Waals surface area contributed by atoms with Gasteiger partial charge in [0.15, 0.2) is 5.82 Å². The molecule has 0 saturated heterocycles. The van der Waals surface area contributed by atoms with Crippen LogP contribution >= 0.6 is 0 Å². The number of pyridine rings is 1. The second-order valence-corrected chi connectivity index (χ2v) is 11.1. The van der Waals surface area contributed by atoms with Crippen LogP contribution in [0.25, 0.3) is 45.0 Å². The number of aromatic nitrogens is 4. The van der Waals surface area contributed by atoms with E-state index in [1.54, 1.807) is 12.4 Å². The van der Waals surface area contributed by atoms with Crippen molar-refractivity contribution in [3.8, 4) is 56.5 Å². The summed E-state index contributed by atoms with van der Waals surface area (Å²) in [4.78, 5) is 9.49. The van der Waals surface area contributed by atoms with E-state index in [2.05, 4.69) is 83.8 Å². The van der Waals surface area contributed by atoms with Crippen LogP contribution in [0.3, 0.4) is 0 Å². The summed E-state index contributed by atoms with van der Waals surface area (Å²) in [5, 5.41) is 9.46. The van der Waals surface area contributed by atoms with E-state index in [1.165, 1.54) is 22.3 Å². The lowest BCUT2D eigenvalue weighted by atomic mass is 9.66. The highest BCUT2D eigenvalue weighted by Gasteiger charge is 2.51. The maximum atomic E-state index is 6.82. The summed E-state index contributed by atoms with van der Waals surface area (Å²) in [5.74, 6) is 2.07. The van der Waals surface area contributed by atoms with Crippen molar-refractivity contribution >= 4 is 0 Å². The van der Waals surface area contributed by atoms with E-state index in [-0.39, 0.29) is 0 Å². The Morgan fingerprint density at radius 1 is 0.477 bits per heavy atom. The van der Waals surface area contributed by atoms with Crippen LogP contribution in [0, 0.1) is 0 Å². The minimum atomic E-state index is -0.557. The van der Waals surface area contributed by atoms with Gasteiger partial charge in [0.05, 0.1) is 11.0 Å². The van der Waals surface area contributed by atoms with Gasteiger partial charge in [-0.3, -0.25) is 4.98 Å². The van der Waals surface area contributed by atoms with Gasteiger partial charge in [0.25, 0.3) is 0 Å². The third-order valence-electron chi connectivity index (χ3n) is 8.78. The molecule has 5 aromatic carbocycles. The number of fused-ring (bicyclic) bond motifs is 9. The Hall–Kier alpha value is -5.94. The van der Waals surface area contributed by atoms with Crippen molar-refractivity contribution in [2.24, 2.45) is 0 Å². The van der Waals surface area contributed by atoms with E-state index in [1.807, 2.05) is 54.6 Å². The Morgan fingerprint density at radius 2 is 1.11 bits per heavy atom. The van der Waals surface area contributed by atoms with Crippen LogP contribution in [-0.2, 0) is 5.41 Å². The van der Waals surface area contributed by atoms with Gasteiger partial charge in [-0.1, -0.05) is 109 Å². The molecule has 0 N–H and O–H groups in total. The summed E-state index contributed by atoms with van der Waals surface area (Å²) in [5.41, 5.74) is 10.6. The average molecular weight is 565 g/mol. The van der Waals surface area contributed by atoms with Gasteiger partial charge in [0.1, 0.15) is 22.9 Å². The van der Waals surface area contributed by atoms with Crippen LogP contribution in [0.15, 0.2) is 146 Å². The Bertz CT molecular complexity index is 2170. The highest BCUT2D eigenvalue weighted by atomic mass is 16.5. The van der Waals surface area contributed by atoms with Crippen molar-refractivity contribution in [3.05, 3.63) is 168 Å². The number of nitrogens with zero attached hydrogens (tertiary/aromatic N) is 4. The molecule has 0 amide bonds. The molecule has 0 saturated carbocycles. The molecule has 0 atom stereocenters. The maximum Gasteiger partial charge on any atom is 0.186 e. The Morgan fingerprint density at radius 3 is 1.86 bits per heavy atom.